The molecule has 0 atom stereocenters. The summed E-state index contributed by atoms with van der Waals surface area (Å²) in [6.45, 7) is 0. The van der Waals surface area contributed by atoms with Crippen LogP contribution in [0.5, 0.6) is 17.2 Å². The summed E-state index contributed by atoms with van der Waals surface area (Å²) in [5.41, 5.74) is 0.419. The van der Waals surface area contributed by atoms with Crippen molar-refractivity contribution in [3.05, 3.63) is 54.1 Å². The van der Waals surface area contributed by atoms with E-state index in [0.717, 1.165) is 25.7 Å². The lowest BCUT2D eigenvalue weighted by Crippen LogP contribution is -2.28. The van der Waals surface area contributed by atoms with E-state index < -0.39 is 5.97 Å². The normalized spacial score (nSPS) is 18.9. The minimum absolute atomic E-state index is 0.0982. The van der Waals surface area contributed by atoms with Crippen LogP contribution in [0.25, 0.3) is 0 Å². The second-order valence-electron chi connectivity index (χ2n) is 6.72. The molecule has 0 spiro atoms. The summed E-state index contributed by atoms with van der Waals surface area (Å²) in [5.74, 6) is 0.682. The number of carbonyl (C=O) groups is 2. The molecule has 2 aromatic carbocycles. The third-order valence-electron chi connectivity index (χ3n) is 4.92. The molecule has 0 amide bonds. The molecule has 3 rings (SSSR count). The first-order valence-electron chi connectivity index (χ1n) is 9.30. The monoisotopic (exact) mass is 384 g/mol. The maximum Gasteiger partial charge on any atom is 0.343 e. The summed E-state index contributed by atoms with van der Waals surface area (Å²) in [5, 5.41) is 0. The van der Waals surface area contributed by atoms with E-state index in [1.54, 1.807) is 62.8 Å². The van der Waals surface area contributed by atoms with E-state index in [9.17, 15) is 9.59 Å². The average Bonchev–Trinajstić information content (AvgIpc) is 2.75. The molecule has 28 heavy (non-hydrogen) atoms. The highest BCUT2D eigenvalue weighted by atomic mass is 16.5. The van der Waals surface area contributed by atoms with Crippen LogP contribution in [-0.4, -0.2) is 32.3 Å². The summed E-state index contributed by atoms with van der Waals surface area (Å²) >= 11 is 0. The largest absolute Gasteiger partial charge is 0.497 e. The summed E-state index contributed by atoms with van der Waals surface area (Å²) in [6, 6.07) is 13.1. The second kappa shape index (κ2) is 9.37. The predicted molar refractivity (Wildman–Crippen MR) is 103 cm³/mol. The third-order valence-corrected chi connectivity index (χ3v) is 4.92. The minimum atomic E-state index is -0.470. The fourth-order valence-corrected chi connectivity index (χ4v) is 3.20. The Morgan fingerprint density at radius 3 is 1.82 bits per heavy atom. The maximum atomic E-state index is 12.3. The lowest BCUT2D eigenvalue weighted by atomic mass is 9.87. The number of methoxy groups -OCH3 is 2. The van der Waals surface area contributed by atoms with Gasteiger partial charge in [-0.15, -0.1) is 0 Å². The van der Waals surface area contributed by atoms with Gasteiger partial charge >= 0.3 is 11.9 Å². The smallest absolute Gasteiger partial charge is 0.343 e. The number of benzene rings is 2. The molecule has 0 aliphatic heterocycles. The minimum Gasteiger partial charge on any atom is -0.497 e. The Morgan fingerprint density at radius 2 is 1.29 bits per heavy atom. The number of ether oxygens (including phenoxy) is 4. The molecule has 1 aliphatic carbocycles. The van der Waals surface area contributed by atoms with E-state index in [1.807, 2.05) is 0 Å². The fraction of sp³-hybridized carbons (Fsp3) is 0.364. The third kappa shape index (κ3) is 5.10. The Hall–Kier alpha value is -2.86. The Morgan fingerprint density at radius 1 is 0.750 bits per heavy atom. The Labute approximate surface area is 164 Å². The van der Waals surface area contributed by atoms with Crippen molar-refractivity contribution >= 4 is 11.9 Å². The zero-order valence-electron chi connectivity index (χ0n) is 16.1. The van der Waals surface area contributed by atoms with Crippen molar-refractivity contribution in [1.82, 2.24) is 0 Å². The SMILES string of the molecule is COc1ccc(C(=O)Oc2ccc(OC(=O)C3CCC(OC)CC3)cc2)cc1. The highest BCUT2D eigenvalue weighted by Gasteiger charge is 2.27. The molecule has 6 heteroatoms. The summed E-state index contributed by atoms with van der Waals surface area (Å²) in [4.78, 5) is 24.5. The molecule has 1 saturated carbocycles. The first-order chi connectivity index (χ1) is 13.6. The zero-order valence-corrected chi connectivity index (χ0v) is 16.1. The van der Waals surface area contributed by atoms with Gasteiger partial charge in [0, 0.05) is 7.11 Å². The lowest BCUT2D eigenvalue weighted by molar-refractivity contribution is -0.140. The molecule has 0 saturated heterocycles. The Kier molecular flexibility index (Phi) is 6.66. The van der Waals surface area contributed by atoms with Crippen LogP contribution in [0.4, 0.5) is 0 Å². The van der Waals surface area contributed by atoms with Gasteiger partial charge in [0.25, 0.3) is 0 Å². The van der Waals surface area contributed by atoms with Crippen LogP contribution in [0.2, 0.25) is 0 Å². The first-order valence-corrected chi connectivity index (χ1v) is 9.30. The van der Waals surface area contributed by atoms with E-state index in [0.29, 0.717) is 22.8 Å². The standard InChI is InChI=1S/C22H24O6/c1-25-17-7-3-15(4-8-17)21(23)27-19-11-13-20(14-12-19)28-22(24)16-5-9-18(26-2)10-6-16/h3-4,7-8,11-14,16,18H,5-6,9-10H2,1-2H3. The Bertz CT molecular complexity index is 789. The predicted octanol–water partition coefficient (Wildman–Crippen LogP) is 4.03. The van der Waals surface area contributed by atoms with Gasteiger partial charge in [0.05, 0.1) is 24.7 Å². The van der Waals surface area contributed by atoms with E-state index in [2.05, 4.69) is 0 Å². The van der Waals surface area contributed by atoms with Crippen LogP contribution in [0.3, 0.4) is 0 Å². The van der Waals surface area contributed by atoms with Crippen molar-refractivity contribution in [2.45, 2.75) is 31.8 Å². The van der Waals surface area contributed by atoms with E-state index in [4.69, 9.17) is 18.9 Å². The molecular weight excluding hydrogens is 360 g/mol. The molecule has 148 valence electrons. The van der Waals surface area contributed by atoms with Gasteiger partial charge < -0.3 is 18.9 Å². The molecule has 1 aliphatic rings. The zero-order chi connectivity index (χ0) is 19.9. The van der Waals surface area contributed by atoms with Gasteiger partial charge in [0.2, 0.25) is 0 Å². The van der Waals surface area contributed by atoms with Crippen molar-refractivity contribution in [2.75, 3.05) is 14.2 Å². The first kappa shape index (κ1) is 19.9. The van der Waals surface area contributed by atoms with Gasteiger partial charge in [-0.05, 0) is 74.2 Å². The summed E-state index contributed by atoms with van der Waals surface area (Å²) < 4.78 is 21.2. The molecule has 0 radical (unpaired) electrons. The van der Waals surface area contributed by atoms with Crippen LogP contribution in [0, 0.1) is 5.92 Å². The van der Waals surface area contributed by atoms with Gasteiger partial charge in [-0.1, -0.05) is 0 Å². The lowest BCUT2D eigenvalue weighted by Gasteiger charge is -2.26. The van der Waals surface area contributed by atoms with Crippen LogP contribution in [0.1, 0.15) is 36.0 Å². The van der Waals surface area contributed by atoms with Crippen LogP contribution in [-0.2, 0) is 9.53 Å². The number of esters is 2. The van der Waals surface area contributed by atoms with E-state index in [-0.39, 0.29) is 18.0 Å². The van der Waals surface area contributed by atoms with Crippen LogP contribution in [0.15, 0.2) is 48.5 Å². The van der Waals surface area contributed by atoms with Gasteiger partial charge in [-0.3, -0.25) is 4.79 Å². The molecule has 1 fully saturated rings. The highest BCUT2D eigenvalue weighted by Crippen LogP contribution is 2.28. The summed E-state index contributed by atoms with van der Waals surface area (Å²) in [6.07, 6.45) is 3.53. The molecule has 0 aromatic heterocycles. The number of hydrogen-bond donors (Lipinski definition) is 0. The molecule has 6 nitrogen and oxygen atoms in total. The van der Waals surface area contributed by atoms with Gasteiger partial charge in [0.1, 0.15) is 17.2 Å². The molecule has 0 bridgehead atoms. The molecule has 0 heterocycles. The van der Waals surface area contributed by atoms with Crippen molar-refractivity contribution < 1.29 is 28.5 Å². The van der Waals surface area contributed by atoms with Crippen molar-refractivity contribution in [1.29, 1.82) is 0 Å². The van der Waals surface area contributed by atoms with Gasteiger partial charge in [-0.2, -0.15) is 0 Å². The van der Waals surface area contributed by atoms with Crippen molar-refractivity contribution in [3.63, 3.8) is 0 Å². The van der Waals surface area contributed by atoms with Crippen molar-refractivity contribution in [3.8, 4) is 17.2 Å². The van der Waals surface area contributed by atoms with E-state index >= 15 is 0 Å². The van der Waals surface area contributed by atoms with Crippen LogP contribution < -0.4 is 14.2 Å². The van der Waals surface area contributed by atoms with E-state index in [1.165, 1.54) is 0 Å². The van der Waals surface area contributed by atoms with Crippen molar-refractivity contribution in [2.24, 2.45) is 5.92 Å². The quantitative estimate of drug-likeness (QED) is 0.553. The second-order valence-corrected chi connectivity index (χ2v) is 6.72. The number of rotatable bonds is 6. The number of carbonyl (C=O) groups excluding carboxylic acids is 2. The maximum absolute atomic E-state index is 12.3. The molecule has 2 aromatic rings. The van der Waals surface area contributed by atoms with Gasteiger partial charge in [0.15, 0.2) is 0 Å². The molecular formula is C22H24O6. The van der Waals surface area contributed by atoms with Crippen LogP contribution >= 0.6 is 0 Å². The number of hydrogen-bond acceptors (Lipinski definition) is 6. The highest BCUT2D eigenvalue weighted by molar-refractivity contribution is 5.91. The molecule has 0 N–H and O–H groups in total. The Balaban J connectivity index is 1.53. The summed E-state index contributed by atoms with van der Waals surface area (Å²) in [7, 11) is 3.26. The molecule has 0 unspecified atom stereocenters. The fourth-order valence-electron chi connectivity index (χ4n) is 3.20. The van der Waals surface area contributed by atoms with Gasteiger partial charge in [-0.25, -0.2) is 4.79 Å². The average molecular weight is 384 g/mol. The topological polar surface area (TPSA) is 71.1 Å².